The molecule has 6 aliphatic heterocycles. The Morgan fingerprint density at radius 1 is 0.490 bits per heavy atom. The summed E-state index contributed by atoms with van der Waals surface area (Å²) in [6.45, 7) is 15.4. The highest BCUT2D eigenvalue weighted by Gasteiger charge is 2.30. The number of piperidine rings is 2. The third-order valence-corrected chi connectivity index (χ3v) is 22.0. The lowest BCUT2D eigenvalue weighted by Crippen LogP contribution is -2.37. The Balaban J connectivity index is 0.000000112. The highest BCUT2D eigenvalue weighted by Crippen LogP contribution is 2.40. The summed E-state index contributed by atoms with van der Waals surface area (Å²) in [4.78, 5) is 22.2. The molecule has 1 saturated carbocycles. The molecular formula is C83H83N17. The van der Waals surface area contributed by atoms with E-state index in [1.165, 1.54) is 129 Å². The summed E-state index contributed by atoms with van der Waals surface area (Å²) in [5, 5.41) is 30.8. The predicted molar refractivity (Wildman–Crippen MR) is 396 cm³/mol. The number of likely N-dealkylation sites (tertiary alicyclic amines) is 1. The summed E-state index contributed by atoms with van der Waals surface area (Å²) >= 11 is 0. The van der Waals surface area contributed by atoms with Crippen LogP contribution < -0.4 is 15.1 Å². The van der Waals surface area contributed by atoms with Gasteiger partial charge in [0.1, 0.15) is 12.1 Å². The molecule has 17 nitrogen and oxygen atoms in total. The van der Waals surface area contributed by atoms with Gasteiger partial charge in [-0.15, -0.1) is 10.2 Å². The van der Waals surface area contributed by atoms with Crippen molar-refractivity contribution in [2.75, 3.05) is 60.9 Å². The first-order valence-electron chi connectivity index (χ1n) is 36.1. The average Bonchev–Trinajstić information content (AvgIpc) is 1.62. The van der Waals surface area contributed by atoms with Crippen molar-refractivity contribution in [3.63, 3.8) is 0 Å². The highest BCUT2D eigenvalue weighted by atomic mass is 15.3. The third-order valence-electron chi connectivity index (χ3n) is 22.0. The fourth-order valence-electron chi connectivity index (χ4n) is 16.3. The van der Waals surface area contributed by atoms with Crippen molar-refractivity contribution in [2.45, 2.75) is 104 Å². The molecule has 4 fully saturated rings. The summed E-state index contributed by atoms with van der Waals surface area (Å²) in [5.41, 5.74) is 21.2. The number of nitrogens with one attached hydrogen (secondary N) is 1. The minimum Gasteiger partial charge on any atom is -0.382 e. The molecule has 5 aromatic carbocycles. The Kier molecular flexibility index (Phi) is 16.9. The van der Waals surface area contributed by atoms with E-state index < -0.39 is 0 Å². The van der Waals surface area contributed by atoms with Gasteiger partial charge in [-0.1, -0.05) is 68.4 Å². The van der Waals surface area contributed by atoms with Crippen molar-refractivity contribution in [2.24, 2.45) is 17.8 Å². The second kappa shape index (κ2) is 27.0. The number of anilines is 3. The predicted octanol–water partition coefficient (Wildman–Crippen LogP) is 16.2. The summed E-state index contributed by atoms with van der Waals surface area (Å²) in [6.07, 6.45) is 29.2. The zero-order valence-electron chi connectivity index (χ0n) is 57.1. The maximum Gasteiger partial charge on any atom is 0.185 e. The van der Waals surface area contributed by atoms with Gasteiger partial charge in [0.25, 0.3) is 0 Å². The number of hydrogen-bond donors (Lipinski definition) is 1. The summed E-state index contributed by atoms with van der Waals surface area (Å²) in [7, 11) is 0. The smallest absolute Gasteiger partial charge is 0.185 e. The van der Waals surface area contributed by atoms with Crippen LogP contribution in [0.4, 0.5) is 17.2 Å². The molecule has 1 aliphatic carbocycles. The van der Waals surface area contributed by atoms with Crippen LogP contribution in [0.2, 0.25) is 0 Å². The van der Waals surface area contributed by atoms with Gasteiger partial charge >= 0.3 is 0 Å². The van der Waals surface area contributed by atoms with Crippen molar-refractivity contribution in [1.29, 1.82) is 10.5 Å². The molecule has 3 saturated heterocycles. The molecule has 100 heavy (non-hydrogen) atoms. The summed E-state index contributed by atoms with van der Waals surface area (Å²) in [5.74, 6) is 6.38. The lowest BCUT2D eigenvalue weighted by molar-refractivity contribution is 0.171. The fourth-order valence-corrected chi connectivity index (χ4v) is 16.3. The topological polar surface area (TPSA) is 163 Å². The SMILES string of the molecule is CC1CCC(Nc2ccc3c(c2)Cn2cc(-c4ccc(C#N)cc4)cc2-c2nccn2-3)CC1.CC1CCN(C[C@@H]2CCN(c3ccc4c(c3)Cn3cc(-c5ccccc5)cc3-c3nncn3-4)C2)CC1.N#Cc1ccc(-c2cc3n(c2)Cc2nc(N4CCCCC4)ccc2-n2ccnc2-3)cc1. The first kappa shape index (κ1) is 62.5. The Labute approximate surface area is 584 Å². The Hall–Kier alpha value is -11.0. The Morgan fingerprint density at radius 3 is 1.71 bits per heavy atom. The molecule has 0 amide bonds. The van der Waals surface area contributed by atoms with Gasteiger partial charge in [0, 0.05) is 123 Å². The molecule has 1 N–H and O–H groups in total. The van der Waals surface area contributed by atoms with Gasteiger partial charge in [0.15, 0.2) is 17.5 Å². The molecular weight excluding hydrogens is 1240 g/mol. The van der Waals surface area contributed by atoms with Gasteiger partial charge in [-0.3, -0.25) is 13.7 Å². The van der Waals surface area contributed by atoms with E-state index in [2.05, 4.69) is 204 Å². The quantitative estimate of drug-likeness (QED) is 0.146. The van der Waals surface area contributed by atoms with Gasteiger partial charge < -0.3 is 33.7 Å². The number of imidazole rings is 2. The van der Waals surface area contributed by atoms with E-state index in [-0.39, 0.29) is 0 Å². The average molecular weight is 1320 g/mol. The van der Waals surface area contributed by atoms with E-state index in [1.54, 1.807) is 0 Å². The standard InChI is InChI=1S/C30H34N6.C28H27N5.C25H22N6/c1-22-9-12-33(13-10-22)17-23-11-14-34(18-23)27-7-8-28-26(15-27)20-35-19-25(24-5-3-2-4-6-24)16-29(35)30-32-31-21-36(28)30;1-19-2-8-24(9-3-19)31-25-10-11-26-23(14-25)18-32-17-22(21-6-4-20(16-29)5-7-21)15-27(32)28-30-12-13-33(26)28;26-15-18-4-6-19(7-5-18)20-14-23-25-27-10-13-31(25)22-8-9-24(29-11-2-1-3-12-29)28-21(22)17-30(23)16-20/h2-8,15-16,19,21-23H,9-14,17-18,20H2,1H3;4-7,10-15,17,19,24,31H,2-3,8-9,18H2,1H3;4-10,13-14,16H,1-3,11-12,17H2/t23-;;/m0../s1. The molecule has 19 rings (SSSR count). The molecule has 0 bridgehead atoms. The molecule has 12 aromatic rings. The van der Waals surface area contributed by atoms with Crippen LogP contribution in [0.25, 0.3) is 85.0 Å². The van der Waals surface area contributed by atoms with Crippen LogP contribution in [0, 0.1) is 40.4 Å². The molecule has 13 heterocycles. The maximum absolute atomic E-state index is 9.11. The van der Waals surface area contributed by atoms with Crippen LogP contribution >= 0.6 is 0 Å². The number of hydrogen-bond acceptors (Lipinski definition) is 11. The van der Waals surface area contributed by atoms with Gasteiger partial charge in [0.2, 0.25) is 0 Å². The lowest BCUT2D eigenvalue weighted by atomic mass is 9.87. The van der Waals surface area contributed by atoms with Crippen LogP contribution in [0.1, 0.15) is 106 Å². The highest BCUT2D eigenvalue weighted by molar-refractivity contribution is 5.75. The van der Waals surface area contributed by atoms with E-state index in [4.69, 9.17) is 20.5 Å². The van der Waals surface area contributed by atoms with Crippen molar-refractivity contribution >= 4 is 17.2 Å². The fraction of sp³-hybridized carbons (Fsp3) is 0.313. The van der Waals surface area contributed by atoms with Crippen LogP contribution in [0.5, 0.6) is 0 Å². The second-order valence-electron chi connectivity index (χ2n) is 28.8. The maximum atomic E-state index is 9.11. The number of nitriles is 2. The van der Waals surface area contributed by atoms with E-state index >= 15 is 0 Å². The number of nitrogens with zero attached hydrogens (tertiary/aromatic N) is 16. The van der Waals surface area contributed by atoms with Gasteiger partial charge in [-0.25, -0.2) is 15.0 Å². The number of pyridine rings is 1. The minimum absolute atomic E-state index is 0.568. The zero-order chi connectivity index (χ0) is 67.2. The molecule has 7 aromatic heterocycles. The van der Waals surface area contributed by atoms with Crippen LogP contribution in [-0.2, 0) is 19.6 Å². The van der Waals surface area contributed by atoms with E-state index in [0.29, 0.717) is 23.7 Å². The van der Waals surface area contributed by atoms with Gasteiger partial charge in [0.05, 0.1) is 69.6 Å². The third kappa shape index (κ3) is 12.5. The molecule has 0 radical (unpaired) electrons. The van der Waals surface area contributed by atoms with E-state index in [1.807, 2.05) is 79.6 Å². The monoisotopic (exact) mass is 1320 g/mol. The largest absolute Gasteiger partial charge is 0.382 e. The number of benzene rings is 5. The van der Waals surface area contributed by atoms with Gasteiger partial charge in [-0.05, 0) is 214 Å². The van der Waals surface area contributed by atoms with Crippen LogP contribution in [-0.4, -0.2) is 109 Å². The first-order chi connectivity index (χ1) is 49.2. The molecule has 500 valence electrons. The number of aromatic nitrogens is 11. The summed E-state index contributed by atoms with van der Waals surface area (Å²) < 4.78 is 13.4. The van der Waals surface area contributed by atoms with E-state index in [9.17, 15) is 0 Å². The van der Waals surface area contributed by atoms with Crippen LogP contribution in [0.3, 0.4) is 0 Å². The van der Waals surface area contributed by atoms with E-state index in [0.717, 1.165) is 131 Å². The van der Waals surface area contributed by atoms with Crippen molar-refractivity contribution < 1.29 is 0 Å². The molecule has 17 heteroatoms. The van der Waals surface area contributed by atoms with Crippen molar-refractivity contribution in [1.82, 2.24) is 57.5 Å². The van der Waals surface area contributed by atoms with Crippen molar-refractivity contribution in [3.05, 3.63) is 223 Å². The first-order valence-corrected chi connectivity index (χ1v) is 36.1. The molecule has 0 unspecified atom stereocenters. The number of fused-ring (bicyclic) bond motifs is 15. The Morgan fingerprint density at radius 2 is 1.06 bits per heavy atom. The second-order valence-corrected chi connectivity index (χ2v) is 28.8. The minimum atomic E-state index is 0.568. The normalized spacial score (nSPS) is 18.1. The molecule has 1 atom stereocenters. The number of rotatable bonds is 9. The van der Waals surface area contributed by atoms with Gasteiger partial charge in [-0.2, -0.15) is 10.5 Å². The molecule has 7 aliphatic rings. The molecule has 0 spiro atoms. The summed E-state index contributed by atoms with van der Waals surface area (Å²) in [6, 6.07) is 55.7. The lowest BCUT2D eigenvalue weighted by Gasteiger charge is -2.32. The van der Waals surface area contributed by atoms with Crippen LogP contribution in [0.15, 0.2) is 195 Å². The van der Waals surface area contributed by atoms with Crippen molar-refractivity contribution in [3.8, 4) is 97.1 Å². The Bertz CT molecular complexity index is 5000. The zero-order valence-corrected chi connectivity index (χ0v) is 57.1.